The van der Waals surface area contributed by atoms with E-state index < -0.39 is 17.1 Å². The van der Waals surface area contributed by atoms with Crippen molar-refractivity contribution in [2.45, 2.75) is 12.8 Å². The number of amides is 3. The van der Waals surface area contributed by atoms with Gasteiger partial charge in [0.2, 0.25) is 5.91 Å². The number of imide groups is 1. The molecular weight excluding hydrogens is 442 g/mol. The maximum Gasteiger partial charge on any atom is 0.294 e. The van der Waals surface area contributed by atoms with E-state index in [1.54, 1.807) is 44.6 Å². The van der Waals surface area contributed by atoms with Gasteiger partial charge in [0.25, 0.3) is 11.1 Å². The Morgan fingerprint density at radius 2 is 1.76 bits per heavy atom. The Labute approximate surface area is 196 Å². The molecule has 172 valence electrons. The van der Waals surface area contributed by atoms with Crippen LogP contribution in [0.1, 0.15) is 18.4 Å². The van der Waals surface area contributed by atoms with Crippen molar-refractivity contribution in [3.05, 3.63) is 52.9 Å². The SMILES string of the molecule is COc1cc(N2CCCC2)c(OC)cc1/C=C1\SC(=O)N(CC(=O)Nc2ccccc2)C1=O. The highest BCUT2D eigenvalue weighted by Crippen LogP contribution is 2.40. The molecule has 0 unspecified atom stereocenters. The summed E-state index contributed by atoms with van der Waals surface area (Å²) in [6.07, 6.45) is 3.85. The summed E-state index contributed by atoms with van der Waals surface area (Å²) in [5, 5.41) is 2.19. The van der Waals surface area contributed by atoms with E-state index >= 15 is 0 Å². The van der Waals surface area contributed by atoms with E-state index in [9.17, 15) is 14.4 Å². The van der Waals surface area contributed by atoms with Crippen molar-refractivity contribution >= 4 is 46.3 Å². The highest BCUT2D eigenvalue weighted by atomic mass is 32.2. The van der Waals surface area contributed by atoms with E-state index in [0.29, 0.717) is 22.7 Å². The van der Waals surface area contributed by atoms with Gasteiger partial charge in [-0.1, -0.05) is 18.2 Å². The van der Waals surface area contributed by atoms with Gasteiger partial charge in [-0.3, -0.25) is 19.3 Å². The molecule has 0 aromatic heterocycles. The number of carbonyl (C=O) groups excluding carboxylic acids is 3. The highest BCUT2D eigenvalue weighted by molar-refractivity contribution is 8.18. The third-order valence-electron chi connectivity index (χ3n) is 5.50. The molecule has 2 heterocycles. The van der Waals surface area contributed by atoms with Crippen LogP contribution in [0.15, 0.2) is 47.4 Å². The topological polar surface area (TPSA) is 88.2 Å². The Kier molecular flexibility index (Phi) is 6.88. The third-order valence-corrected chi connectivity index (χ3v) is 6.40. The maximum atomic E-state index is 12.9. The lowest BCUT2D eigenvalue weighted by Crippen LogP contribution is -2.36. The van der Waals surface area contributed by atoms with Gasteiger partial charge in [-0.15, -0.1) is 0 Å². The number of methoxy groups -OCH3 is 2. The fourth-order valence-corrected chi connectivity index (χ4v) is 4.70. The van der Waals surface area contributed by atoms with E-state index in [2.05, 4.69) is 10.2 Å². The van der Waals surface area contributed by atoms with Crippen LogP contribution in [-0.4, -0.2) is 55.8 Å². The normalized spacial score (nSPS) is 17.1. The molecule has 2 fully saturated rings. The summed E-state index contributed by atoms with van der Waals surface area (Å²) in [6, 6.07) is 12.6. The lowest BCUT2D eigenvalue weighted by Gasteiger charge is -2.22. The summed E-state index contributed by atoms with van der Waals surface area (Å²) in [5.74, 6) is 0.286. The number of ether oxygens (including phenoxy) is 2. The Morgan fingerprint density at radius 3 is 2.42 bits per heavy atom. The predicted octanol–water partition coefficient (Wildman–Crippen LogP) is 3.98. The zero-order valence-corrected chi connectivity index (χ0v) is 19.3. The number of thioether (sulfide) groups is 1. The molecule has 4 rings (SSSR count). The van der Waals surface area contributed by atoms with Crippen LogP contribution in [0.5, 0.6) is 11.5 Å². The molecule has 0 radical (unpaired) electrons. The van der Waals surface area contributed by atoms with Crippen LogP contribution in [0.3, 0.4) is 0 Å². The van der Waals surface area contributed by atoms with Crippen LogP contribution in [0.2, 0.25) is 0 Å². The molecule has 2 aliphatic heterocycles. The lowest BCUT2D eigenvalue weighted by atomic mass is 10.1. The average Bonchev–Trinajstić information content (AvgIpc) is 3.44. The quantitative estimate of drug-likeness (QED) is 0.616. The summed E-state index contributed by atoms with van der Waals surface area (Å²) >= 11 is 0.799. The van der Waals surface area contributed by atoms with E-state index in [0.717, 1.165) is 48.3 Å². The predicted molar refractivity (Wildman–Crippen MR) is 129 cm³/mol. The molecule has 3 amide bonds. The van der Waals surface area contributed by atoms with Crippen molar-refractivity contribution in [2.24, 2.45) is 0 Å². The molecule has 0 bridgehead atoms. The van der Waals surface area contributed by atoms with Gasteiger partial charge >= 0.3 is 0 Å². The second-order valence-electron chi connectivity index (χ2n) is 7.64. The van der Waals surface area contributed by atoms with Crippen LogP contribution in [-0.2, 0) is 9.59 Å². The molecule has 0 aliphatic carbocycles. The maximum absolute atomic E-state index is 12.9. The lowest BCUT2D eigenvalue weighted by molar-refractivity contribution is -0.127. The Hall–Kier alpha value is -3.46. The summed E-state index contributed by atoms with van der Waals surface area (Å²) in [5.41, 5.74) is 2.16. The standard InChI is InChI=1S/C24H25N3O5S/c1-31-19-14-18(26-10-6-7-11-26)20(32-2)12-16(19)13-21-23(29)27(24(30)33-21)15-22(28)25-17-8-4-3-5-9-17/h3-5,8-9,12-14H,6-7,10-11,15H2,1-2H3,(H,25,28)/b21-13-. The van der Waals surface area contributed by atoms with Crippen molar-refractivity contribution in [2.75, 3.05) is 44.1 Å². The minimum atomic E-state index is -0.516. The van der Waals surface area contributed by atoms with Crippen molar-refractivity contribution < 1.29 is 23.9 Å². The second-order valence-corrected chi connectivity index (χ2v) is 8.64. The molecule has 2 aliphatic rings. The van der Waals surface area contributed by atoms with Crippen LogP contribution < -0.4 is 19.7 Å². The number of anilines is 2. The van der Waals surface area contributed by atoms with E-state index in [1.807, 2.05) is 18.2 Å². The number of rotatable bonds is 7. The molecule has 8 nitrogen and oxygen atoms in total. The van der Waals surface area contributed by atoms with Crippen molar-refractivity contribution in [3.63, 3.8) is 0 Å². The van der Waals surface area contributed by atoms with Gasteiger partial charge in [0.1, 0.15) is 18.0 Å². The molecule has 1 N–H and O–H groups in total. The number of para-hydroxylation sites is 1. The van der Waals surface area contributed by atoms with E-state index in [1.165, 1.54) is 0 Å². The van der Waals surface area contributed by atoms with Gasteiger partial charge in [0, 0.05) is 30.4 Å². The van der Waals surface area contributed by atoms with Gasteiger partial charge in [0.15, 0.2) is 0 Å². The van der Waals surface area contributed by atoms with Gasteiger partial charge < -0.3 is 19.7 Å². The van der Waals surface area contributed by atoms with Crippen molar-refractivity contribution in [3.8, 4) is 11.5 Å². The number of benzene rings is 2. The monoisotopic (exact) mass is 467 g/mol. The zero-order valence-electron chi connectivity index (χ0n) is 18.5. The van der Waals surface area contributed by atoms with Gasteiger partial charge in [-0.05, 0) is 48.9 Å². The second kappa shape index (κ2) is 9.99. The molecule has 0 spiro atoms. The summed E-state index contributed by atoms with van der Waals surface area (Å²) < 4.78 is 11.2. The highest BCUT2D eigenvalue weighted by Gasteiger charge is 2.36. The number of hydrogen-bond donors (Lipinski definition) is 1. The summed E-state index contributed by atoms with van der Waals surface area (Å²) in [6.45, 7) is 1.54. The molecule has 9 heteroatoms. The van der Waals surface area contributed by atoms with E-state index in [4.69, 9.17) is 9.47 Å². The number of nitrogens with zero attached hydrogens (tertiary/aromatic N) is 2. The van der Waals surface area contributed by atoms with Gasteiger partial charge in [0.05, 0.1) is 24.8 Å². The van der Waals surface area contributed by atoms with Crippen LogP contribution in [0.4, 0.5) is 16.2 Å². The average molecular weight is 468 g/mol. The van der Waals surface area contributed by atoms with E-state index in [-0.39, 0.29) is 11.4 Å². The number of hydrogen-bond acceptors (Lipinski definition) is 7. The molecule has 2 saturated heterocycles. The van der Waals surface area contributed by atoms with Crippen molar-refractivity contribution in [1.29, 1.82) is 0 Å². The summed E-state index contributed by atoms with van der Waals surface area (Å²) in [4.78, 5) is 41.1. The zero-order chi connectivity index (χ0) is 23.4. The Balaban J connectivity index is 1.54. The van der Waals surface area contributed by atoms with Crippen molar-refractivity contribution in [1.82, 2.24) is 4.90 Å². The molecule has 0 saturated carbocycles. The third kappa shape index (κ3) is 4.98. The van der Waals surface area contributed by atoms with Gasteiger partial charge in [-0.25, -0.2) is 0 Å². The summed E-state index contributed by atoms with van der Waals surface area (Å²) in [7, 11) is 3.16. The molecule has 33 heavy (non-hydrogen) atoms. The molecular formula is C24H25N3O5S. The fourth-order valence-electron chi connectivity index (χ4n) is 3.87. The minimum Gasteiger partial charge on any atom is -0.496 e. The van der Waals surface area contributed by atoms with Gasteiger partial charge in [-0.2, -0.15) is 0 Å². The largest absolute Gasteiger partial charge is 0.496 e. The van der Waals surface area contributed by atoms with Crippen LogP contribution >= 0.6 is 11.8 Å². The van der Waals surface area contributed by atoms with Crippen LogP contribution in [0.25, 0.3) is 6.08 Å². The minimum absolute atomic E-state index is 0.224. The molecule has 0 atom stereocenters. The first kappa shape index (κ1) is 22.7. The first-order valence-corrected chi connectivity index (χ1v) is 11.4. The van der Waals surface area contributed by atoms with Crippen LogP contribution in [0, 0.1) is 0 Å². The Morgan fingerprint density at radius 1 is 1.06 bits per heavy atom. The first-order valence-electron chi connectivity index (χ1n) is 10.6. The molecule has 2 aromatic carbocycles. The number of nitrogens with one attached hydrogen (secondary N) is 1. The first-order chi connectivity index (χ1) is 16.0. The number of carbonyl (C=O) groups is 3. The smallest absolute Gasteiger partial charge is 0.294 e. The Bertz CT molecular complexity index is 1100. The fraction of sp³-hybridized carbons (Fsp3) is 0.292. The molecule has 2 aromatic rings.